The Labute approximate surface area is 128 Å². The fourth-order valence-electron chi connectivity index (χ4n) is 2.05. The minimum Gasteiger partial charge on any atom is -0.334 e. The van der Waals surface area contributed by atoms with Crippen molar-refractivity contribution in [1.29, 1.82) is 0 Å². The van der Waals surface area contributed by atoms with Crippen LogP contribution in [0.1, 0.15) is 12.6 Å². The van der Waals surface area contributed by atoms with E-state index in [1.165, 1.54) is 16.9 Å². The number of rotatable bonds is 5. The summed E-state index contributed by atoms with van der Waals surface area (Å²) < 4.78 is 14.8. The minimum absolute atomic E-state index is 0.234. The molecule has 0 saturated heterocycles. The van der Waals surface area contributed by atoms with Gasteiger partial charge in [0, 0.05) is 19.2 Å². The molecule has 0 aliphatic heterocycles. The third-order valence-electron chi connectivity index (χ3n) is 3.08. The number of nitrogens with zero attached hydrogens (tertiary/aromatic N) is 4. The Kier molecular flexibility index (Phi) is 4.88. The number of amides is 2. The fraction of sp³-hybridized carbons (Fsp3) is 0.267. The van der Waals surface area contributed by atoms with Crippen LogP contribution in [-0.2, 0) is 0 Å². The molecule has 2 aromatic rings. The summed E-state index contributed by atoms with van der Waals surface area (Å²) in [6.45, 7) is 8.10. The lowest BCUT2D eigenvalue weighted by Gasteiger charge is -2.20. The lowest BCUT2D eigenvalue weighted by molar-refractivity contribution is 0.247. The number of halogens is 1. The fourth-order valence-corrected chi connectivity index (χ4v) is 2.05. The molecule has 0 radical (unpaired) electrons. The lowest BCUT2D eigenvalue weighted by atomic mass is 10.3. The third kappa shape index (κ3) is 3.30. The number of hydrogen-bond acceptors (Lipinski definition) is 3. The zero-order chi connectivity index (χ0) is 16.1. The van der Waals surface area contributed by atoms with Crippen molar-refractivity contribution < 1.29 is 9.18 Å². The number of nitrogens with one attached hydrogen (secondary N) is 1. The highest BCUT2D eigenvalue weighted by Crippen LogP contribution is 2.21. The average molecular weight is 303 g/mol. The highest BCUT2D eigenvalue weighted by atomic mass is 19.1. The van der Waals surface area contributed by atoms with Gasteiger partial charge in [0.2, 0.25) is 0 Å². The van der Waals surface area contributed by atoms with Crippen molar-refractivity contribution in [2.45, 2.75) is 13.8 Å². The Bertz CT molecular complexity index is 682. The summed E-state index contributed by atoms with van der Waals surface area (Å²) in [7, 11) is 0. The van der Waals surface area contributed by atoms with Gasteiger partial charge >= 0.3 is 6.03 Å². The summed E-state index contributed by atoms with van der Waals surface area (Å²) in [6.07, 6.45) is 5.93. The van der Waals surface area contributed by atoms with E-state index in [4.69, 9.17) is 0 Å². The van der Waals surface area contributed by atoms with E-state index >= 15 is 0 Å². The summed E-state index contributed by atoms with van der Waals surface area (Å²) in [4.78, 5) is 17.5. The Hall–Kier alpha value is -2.70. The first kappa shape index (κ1) is 15.7. The maximum Gasteiger partial charge on any atom is 0.322 e. The van der Waals surface area contributed by atoms with Crippen LogP contribution in [0.15, 0.2) is 37.3 Å². The van der Waals surface area contributed by atoms with Gasteiger partial charge in [0.05, 0.1) is 35.7 Å². The second-order valence-electron chi connectivity index (χ2n) is 4.62. The number of carbonyl (C=O) groups is 1. The van der Waals surface area contributed by atoms with E-state index in [0.29, 0.717) is 30.2 Å². The Morgan fingerprint density at radius 1 is 1.55 bits per heavy atom. The summed E-state index contributed by atoms with van der Waals surface area (Å²) in [5, 5.41) is 7.05. The topological polar surface area (TPSA) is 63.1 Å². The molecule has 1 N–H and O–H groups in total. The zero-order valence-electron chi connectivity index (χ0n) is 12.6. The molecule has 2 heterocycles. The molecule has 2 amide bonds. The first-order valence-electron chi connectivity index (χ1n) is 6.90. The van der Waals surface area contributed by atoms with Gasteiger partial charge in [0.15, 0.2) is 0 Å². The second-order valence-corrected chi connectivity index (χ2v) is 4.62. The molecule has 0 aliphatic rings. The summed E-state index contributed by atoms with van der Waals surface area (Å²) >= 11 is 0. The predicted molar refractivity (Wildman–Crippen MR) is 82.7 cm³/mol. The van der Waals surface area contributed by atoms with Crippen LogP contribution in [0.2, 0.25) is 0 Å². The van der Waals surface area contributed by atoms with Crippen molar-refractivity contribution >= 4 is 11.7 Å². The number of aromatic nitrogens is 3. The molecule has 0 aromatic carbocycles. The van der Waals surface area contributed by atoms with Crippen LogP contribution in [0, 0.1) is 12.7 Å². The number of urea groups is 1. The number of anilines is 1. The van der Waals surface area contributed by atoms with E-state index in [2.05, 4.69) is 22.0 Å². The van der Waals surface area contributed by atoms with Crippen LogP contribution in [0.5, 0.6) is 0 Å². The lowest BCUT2D eigenvalue weighted by Crippen LogP contribution is -2.40. The molecule has 0 spiro atoms. The minimum atomic E-state index is -0.441. The smallest absolute Gasteiger partial charge is 0.322 e. The van der Waals surface area contributed by atoms with Gasteiger partial charge in [-0.15, -0.1) is 6.58 Å². The van der Waals surface area contributed by atoms with E-state index in [1.807, 2.05) is 6.92 Å². The van der Waals surface area contributed by atoms with Crippen LogP contribution in [0.3, 0.4) is 0 Å². The molecular weight excluding hydrogens is 285 g/mol. The van der Waals surface area contributed by atoms with Crippen molar-refractivity contribution in [3.05, 3.63) is 48.8 Å². The van der Waals surface area contributed by atoms with Crippen molar-refractivity contribution in [1.82, 2.24) is 20.1 Å². The van der Waals surface area contributed by atoms with E-state index in [9.17, 15) is 9.18 Å². The first-order valence-corrected chi connectivity index (χ1v) is 6.90. The summed E-state index contributed by atoms with van der Waals surface area (Å²) in [5.74, 6) is -0.441. The van der Waals surface area contributed by atoms with Gasteiger partial charge < -0.3 is 5.32 Å². The van der Waals surface area contributed by atoms with Gasteiger partial charge in [-0.05, 0) is 13.8 Å². The van der Waals surface area contributed by atoms with Gasteiger partial charge in [-0.1, -0.05) is 6.08 Å². The molecule has 6 nitrogen and oxygen atoms in total. The van der Waals surface area contributed by atoms with Crippen LogP contribution < -0.4 is 10.2 Å². The number of aryl methyl sites for hydroxylation is 1. The van der Waals surface area contributed by atoms with Crippen LogP contribution in [0.4, 0.5) is 14.9 Å². The molecule has 7 heteroatoms. The van der Waals surface area contributed by atoms with Crippen molar-refractivity contribution in [3.63, 3.8) is 0 Å². The average Bonchev–Trinajstić information content (AvgIpc) is 2.88. The summed E-state index contributed by atoms with van der Waals surface area (Å²) in [5.41, 5.74) is 1.82. The maximum atomic E-state index is 13.3. The maximum absolute atomic E-state index is 13.3. The Morgan fingerprint density at radius 2 is 2.32 bits per heavy atom. The molecule has 0 atom stereocenters. The van der Waals surface area contributed by atoms with E-state index < -0.39 is 5.82 Å². The number of carbonyl (C=O) groups excluding carboxylic acids is 1. The van der Waals surface area contributed by atoms with Gasteiger partial charge in [-0.25, -0.2) is 13.9 Å². The molecular formula is C15H18FN5O. The monoisotopic (exact) mass is 303 g/mol. The Morgan fingerprint density at radius 3 is 2.95 bits per heavy atom. The molecule has 22 heavy (non-hydrogen) atoms. The largest absolute Gasteiger partial charge is 0.334 e. The van der Waals surface area contributed by atoms with Gasteiger partial charge in [-0.3, -0.25) is 9.88 Å². The molecule has 2 aromatic heterocycles. The van der Waals surface area contributed by atoms with Crippen molar-refractivity contribution in [3.8, 4) is 5.69 Å². The van der Waals surface area contributed by atoms with Crippen molar-refractivity contribution in [2.75, 3.05) is 18.0 Å². The van der Waals surface area contributed by atoms with Crippen LogP contribution >= 0.6 is 0 Å². The standard InChI is InChI=1S/C15H18FN5O/c1-4-6-18-15(22)20(5-2)14-10-21(19-11(14)3)13-7-12(16)8-17-9-13/h4,7-10H,1,5-6H2,2-3H3,(H,18,22). The number of pyridine rings is 1. The van der Waals surface area contributed by atoms with Crippen LogP contribution in [-0.4, -0.2) is 33.9 Å². The highest BCUT2D eigenvalue weighted by molar-refractivity contribution is 5.92. The molecule has 0 fully saturated rings. The zero-order valence-corrected chi connectivity index (χ0v) is 12.6. The molecule has 116 valence electrons. The van der Waals surface area contributed by atoms with Gasteiger partial charge in [0.25, 0.3) is 0 Å². The molecule has 0 unspecified atom stereocenters. The molecule has 0 bridgehead atoms. The van der Waals surface area contributed by atoms with E-state index in [1.54, 1.807) is 24.1 Å². The second kappa shape index (κ2) is 6.84. The highest BCUT2D eigenvalue weighted by Gasteiger charge is 2.18. The summed E-state index contributed by atoms with van der Waals surface area (Å²) in [6, 6.07) is 1.10. The normalized spacial score (nSPS) is 10.3. The number of hydrogen-bond donors (Lipinski definition) is 1. The Balaban J connectivity index is 2.31. The molecule has 0 aliphatic carbocycles. The molecule has 0 saturated carbocycles. The quantitative estimate of drug-likeness (QED) is 0.863. The van der Waals surface area contributed by atoms with Crippen LogP contribution in [0.25, 0.3) is 5.69 Å². The van der Waals surface area contributed by atoms with Gasteiger partial charge in [-0.2, -0.15) is 5.10 Å². The van der Waals surface area contributed by atoms with E-state index in [0.717, 1.165) is 6.20 Å². The predicted octanol–water partition coefficient (Wildman–Crippen LogP) is 2.44. The third-order valence-corrected chi connectivity index (χ3v) is 3.08. The molecule has 2 rings (SSSR count). The van der Waals surface area contributed by atoms with Crippen molar-refractivity contribution in [2.24, 2.45) is 0 Å². The van der Waals surface area contributed by atoms with E-state index in [-0.39, 0.29) is 6.03 Å². The van der Waals surface area contributed by atoms with Gasteiger partial charge in [0.1, 0.15) is 5.82 Å². The SMILES string of the molecule is C=CCNC(=O)N(CC)c1cn(-c2cncc(F)c2)nc1C. The first-order chi connectivity index (χ1) is 10.6.